The molecule has 0 radical (unpaired) electrons. The van der Waals surface area contributed by atoms with Crippen molar-refractivity contribution >= 4 is 43.5 Å². The molecule has 182 valence electrons. The van der Waals surface area contributed by atoms with Gasteiger partial charge in [-0.05, 0) is 79.2 Å². The van der Waals surface area contributed by atoms with Crippen molar-refractivity contribution in [3.63, 3.8) is 0 Å². The van der Waals surface area contributed by atoms with Crippen LogP contribution in [0.1, 0.15) is 5.48 Å². The monoisotopic (exact) mass is 500 g/mol. The Morgan fingerprint density at radius 2 is 0.949 bits per heavy atom. The summed E-state index contributed by atoms with van der Waals surface area (Å²) in [6.07, 6.45) is 0. The molecule has 0 atom stereocenters. The van der Waals surface area contributed by atoms with Crippen LogP contribution in [0.25, 0.3) is 76.9 Å². The summed E-state index contributed by atoms with van der Waals surface area (Å²) in [6.45, 7) is 0. The highest BCUT2D eigenvalue weighted by molar-refractivity contribution is 6.22. The van der Waals surface area contributed by atoms with Crippen molar-refractivity contribution in [1.29, 1.82) is 0 Å². The molecule has 39 heavy (non-hydrogen) atoms. The zero-order valence-corrected chi connectivity index (χ0v) is 21.0. The lowest BCUT2D eigenvalue weighted by Crippen LogP contribution is -1.91. The van der Waals surface area contributed by atoms with Crippen molar-refractivity contribution in [3.05, 3.63) is 145 Å². The number of fused-ring (bicyclic) bond motifs is 5. The van der Waals surface area contributed by atoms with E-state index in [0.717, 1.165) is 60.2 Å². The van der Waals surface area contributed by atoms with Gasteiger partial charge in [0.1, 0.15) is 11.2 Å². The average Bonchev–Trinajstić information content (AvgIpc) is 3.42. The van der Waals surface area contributed by atoms with E-state index in [9.17, 15) is 1.37 Å². The molecule has 8 rings (SSSR count). The fraction of sp³-hybridized carbons (Fsp3) is 0. The summed E-state index contributed by atoms with van der Waals surface area (Å²) in [7, 11) is 0. The van der Waals surface area contributed by atoms with Gasteiger partial charge in [-0.3, -0.25) is 0 Å². The number of benzene rings is 7. The van der Waals surface area contributed by atoms with Crippen LogP contribution in [0.2, 0.25) is 0 Å². The van der Waals surface area contributed by atoms with Crippen LogP contribution in [-0.4, -0.2) is 0 Å². The van der Waals surface area contributed by atoms with Gasteiger partial charge in [-0.2, -0.15) is 0 Å². The van der Waals surface area contributed by atoms with Crippen LogP contribution in [0.15, 0.2) is 150 Å². The van der Waals surface area contributed by atoms with E-state index in [-0.39, 0.29) is 24.2 Å². The third-order valence-electron chi connectivity index (χ3n) is 7.53. The van der Waals surface area contributed by atoms with Gasteiger partial charge in [-0.15, -0.1) is 0 Å². The van der Waals surface area contributed by atoms with Crippen LogP contribution in [0.5, 0.6) is 0 Å². The molecule has 0 N–H and O–H groups in total. The van der Waals surface area contributed by atoms with Crippen LogP contribution in [0.4, 0.5) is 0 Å². The van der Waals surface area contributed by atoms with Gasteiger partial charge in [0.15, 0.2) is 0 Å². The molecule has 0 aliphatic carbocycles. The molecule has 0 amide bonds. The molecule has 1 heterocycles. The fourth-order valence-electron chi connectivity index (χ4n) is 5.81. The number of para-hydroxylation sites is 1. The van der Waals surface area contributed by atoms with E-state index in [1.165, 1.54) is 0 Å². The van der Waals surface area contributed by atoms with Gasteiger partial charge >= 0.3 is 0 Å². The van der Waals surface area contributed by atoms with E-state index in [1.807, 2.05) is 91.0 Å². The standard InChI is InChI=1S/C38H24O/c1-2-11-25(12-3-1)26-13-10-14-27(23-26)37-30-16-4-6-18-32(30)38(33-19-7-5-17-31(33)37)28-21-22-36-34(24-28)29-15-8-9-20-35(29)39-36/h1-24H/i10D,13D,14D,23D. The van der Waals surface area contributed by atoms with Crippen LogP contribution in [-0.2, 0) is 0 Å². The zero-order valence-electron chi connectivity index (χ0n) is 25.0. The van der Waals surface area contributed by atoms with E-state index in [0.29, 0.717) is 16.7 Å². The zero-order chi connectivity index (χ0) is 29.2. The molecule has 0 aliphatic rings. The summed E-state index contributed by atoms with van der Waals surface area (Å²) in [5, 5.41) is 5.88. The highest BCUT2D eigenvalue weighted by Crippen LogP contribution is 2.45. The average molecular weight is 501 g/mol. The Labute approximate surface area is 232 Å². The van der Waals surface area contributed by atoms with Crippen molar-refractivity contribution in [2.75, 3.05) is 0 Å². The minimum atomic E-state index is -0.181. The van der Waals surface area contributed by atoms with Crippen molar-refractivity contribution < 1.29 is 9.90 Å². The predicted molar refractivity (Wildman–Crippen MR) is 165 cm³/mol. The highest BCUT2D eigenvalue weighted by Gasteiger charge is 2.18. The molecule has 1 nitrogen and oxygen atoms in total. The SMILES string of the molecule is [2H]c1c([2H])c(-c2ccccc2)c([2H])c(-c2c3ccccc3c(-c3ccc4oc5ccccc5c4c3)c3ccccc23)c1[2H]. The summed E-state index contributed by atoms with van der Waals surface area (Å²) < 4.78 is 42.0. The second-order valence-electron chi connectivity index (χ2n) is 9.77. The predicted octanol–water partition coefficient (Wildman–Crippen LogP) is 10.9. The molecule has 0 aliphatic heterocycles. The van der Waals surface area contributed by atoms with Crippen molar-refractivity contribution in [3.8, 4) is 33.4 Å². The third-order valence-corrected chi connectivity index (χ3v) is 7.53. The molecular formula is C38H24O. The molecule has 0 fully saturated rings. The number of hydrogen-bond donors (Lipinski definition) is 0. The molecule has 7 aromatic carbocycles. The Hall–Kier alpha value is -5.14. The quantitative estimate of drug-likeness (QED) is 0.220. The lowest BCUT2D eigenvalue weighted by atomic mass is 9.85. The first kappa shape index (κ1) is 18.2. The minimum Gasteiger partial charge on any atom is -0.456 e. The topological polar surface area (TPSA) is 13.1 Å². The lowest BCUT2D eigenvalue weighted by molar-refractivity contribution is 0.669. The summed E-state index contributed by atoms with van der Waals surface area (Å²) in [5.41, 5.74) is 5.96. The maximum absolute atomic E-state index is 9.38. The Morgan fingerprint density at radius 1 is 0.410 bits per heavy atom. The van der Waals surface area contributed by atoms with Crippen molar-refractivity contribution in [2.24, 2.45) is 0 Å². The summed E-state index contributed by atoms with van der Waals surface area (Å²) in [4.78, 5) is 0. The molecule has 8 aromatic rings. The highest BCUT2D eigenvalue weighted by atomic mass is 16.3. The second-order valence-corrected chi connectivity index (χ2v) is 9.77. The first-order chi connectivity index (χ1) is 21.0. The molecule has 0 unspecified atom stereocenters. The first-order valence-corrected chi connectivity index (χ1v) is 13.0. The van der Waals surface area contributed by atoms with Gasteiger partial charge < -0.3 is 4.42 Å². The molecule has 0 bridgehead atoms. The molecule has 0 saturated heterocycles. The van der Waals surface area contributed by atoms with Gasteiger partial charge in [-0.1, -0.05) is 121 Å². The number of hydrogen-bond acceptors (Lipinski definition) is 1. The Morgan fingerprint density at radius 3 is 1.64 bits per heavy atom. The summed E-state index contributed by atoms with van der Waals surface area (Å²) >= 11 is 0. The van der Waals surface area contributed by atoms with Gasteiger partial charge in [0, 0.05) is 10.8 Å². The smallest absolute Gasteiger partial charge is 0.135 e. The Kier molecular flexibility index (Phi) is 4.06. The number of furan rings is 1. The van der Waals surface area contributed by atoms with E-state index in [2.05, 4.69) is 30.3 Å². The molecule has 1 aromatic heterocycles. The maximum atomic E-state index is 9.38. The van der Waals surface area contributed by atoms with Crippen molar-refractivity contribution in [1.82, 2.24) is 0 Å². The minimum absolute atomic E-state index is 0.0894. The van der Waals surface area contributed by atoms with Crippen LogP contribution >= 0.6 is 0 Å². The van der Waals surface area contributed by atoms with E-state index < -0.39 is 0 Å². The molecule has 1 heteroatoms. The summed E-state index contributed by atoms with van der Waals surface area (Å²) in [6, 6.07) is 39.6. The van der Waals surface area contributed by atoms with E-state index in [4.69, 9.17) is 8.53 Å². The maximum Gasteiger partial charge on any atom is 0.135 e. The Bertz CT molecular complexity index is 2330. The largest absolute Gasteiger partial charge is 0.456 e. The summed E-state index contributed by atoms with van der Waals surface area (Å²) in [5.74, 6) is 0. The molecule has 0 spiro atoms. The molecule has 0 saturated carbocycles. The fourth-order valence-corrected chi connectivity index (χ4v) is 5.81. The number of rotatable bonds is 3. The molecular weight excluding hydrogens is 472 g/mol. The second kappa shape index (κ2) is 8.72. The van der Waals surface area contributed by atoms with Gasteiger partial charge in [0.2, 0.25) is 0 Å². The van der Waals surface area contributed by atoms with E-state index >= 15 is 0 Å². The van der Waals surface area contributed by atoms with Crippen molar-refractivity contribution in [2.45, 2.75) is 0 Å². The third kappa shape index (κ3) is 3.48. The van der Waals surface area contributed by atoms with Gasteiger partial charge in [-0.25, -0.2) is 0 Å². The van der Waals surface area contributed by atoms with Crippen LogP contribution < -0.4 is 0 Å². The Balaban J connectivity index is 1.50. The lowest BCUT2D eigenvalue weighted by Gasteiger charge is -2.18. The first-order valence-electron chi connectivity index (χ1n) is 15.0. The van der Waals surface area contributed by atoms with Crippen LogP contribution in [0, 0.1) is 0 Å². The van der Waals surface area contributed by atoms with Gasteiger partial charge in [0.05, 0.1) is 5.48 Å². The van der Waals surface area contributed by atoms with E-state index in [1.54, 1.807) is 0 Å². The van der Waals surface area contributed by atoms with Crippen LogP contribution in [0.3, 0.4) is 0 Å². The normalized spacial score (nSPS) is 13.0. The van der Waals surface area contributed by atoms with Gasteiger partial charge in [0.25, 0.3) is 0 Å².